The Morgan fingerprint density at radius 3 is 2.26 bits per heavy atom. The first-order valence-electron chi connectivity index (χ1n) is 20.0. The molecule has 3 saturated carbocycles. The van der Waals surface area contributed by atoms with Crippen LogP contribution in [0.5, 0.6) is 23.0 Å². The van der Waals surface area contributed by atoms with E-state index in [1.165, 1.54) is 16.7 Å². The molecule has 0 bridgehead atoms. The third-order valence-corrected chi connectivity index (χ3v) is 12.6. The molecular formula is C46H59NO6. The number of terminal acetylenes is 1. The fourth-order valence-electron chi connectivity index (χ4n) is 10.4. The Kier molecular flexibility index (Phi) is 12.0. The first kappa shape index (κ1) is 38.6. The lowest BCUT2D eigenvalue weighted by Gasteiger charge is -2.56. The first-order valence-corrected chi connectivity index (χ1v) is 20.0. The number of benzene rings is 2. The summed E-state index contributed by atoms with van der Waals surface area (Å²) in [5, 5.41) is 14.7. The van der Waals surface area contributed by atoms with E-state index in [2.05, 4.69) is 49.0 Å². The Balaban J connectivity index is 0.000000184. The van der Waals surface area contributed by atoms with Crippen molar-refractivity contribution in [3.8, 4) is 35.3 Å². The maximum atomic E-state index is 11.8. The summed E-state index contributed by atoms with van der Waals surface area (Å²) in [7, 11) is 0. The Hall–Kier alpha value is -4.15. The Morgan fingerprint density at radius 1 is 0.906 bits per heavy atom. The molecule has 284 valence electrons. The summed E-state index contributed by atoms with van der Waals surface area (Å²) in [5.74, 6) is 8.26. The van der Waals surface area contributed by atoms with Crippen LogP contribution >= 0.6 is 0 Å². The van der Waals surface area contributed by atoms with Crippen molar-refractivity contribution >= 4 is 17.6 Å². The largest absolute Gasteiger partial charge is 0.490 e. The monoisotopic (exact) mass is 721 g/mol. The third-order valence-electron chi connectivity index (χ3n) is 12.6. The van der Waals surface area contributed by atoms with Gasteiger partial charge in [-0.05, 0) is 150 Å². The van der Waals surface area contributed by atoms with E-state index in [-0.39, 0.29) is 5.41 Å². The van der Waals surface area contributed by atoms with E-state index in [1.54, 1.807) is 0 Å². The lowest BCUT2D eigenvalue weighted by Crippen LogP contribution is -2.54. The van der Waals surface area contributed by atoms with Crippen LogP contribution in [0, 0.1) is 41.4 Å². The van der Waals surface area contributed by atoms with Crippen molar-refractivity contribution in [2.45, 2.75) is 98.0 Å². The van der Waals surface area contributed by atoms with Gasteiger partial charge in [-0.3, -0.25) is 4.79 Å². The van der Waals surface area contributed by atoms with E-state index in [0.717, 1.165) is 97.7 Å². The quantitative estimate of drug-likeness (QED) is 0.187. The van der Waals surface area contributed by atoms with Gasteiger partial charge in [0, 0.05) is 29.6 Å². The smallest absolute Gasteiger partial charge is 0.161 e. The normalized spacial score (nSPS) is 29.2. The fourth-order valence-corrected chi connectivity index (χ4v) is 10.4. The standard InChI is InChI=1S/C24H31NO4.C22H28O2/c1-5-26-21-10-9-17(14-22(21)27-6-2)13-20-19-16-24(29-8-4)23(28-7-3)15-18(19)11-12-25-20;1-4-21-13-14(3)20-17-9-7-16(23)12-15(17)6-8-18(20)19(21)10-11-22(21,24)5-2/h9-10,13-16,25H,5-8,11-12H2,1-4H3;2,12,17-20,24H,3-4,6-11,13H2,1H3/b20-13-;/t;17-,18-,19-,20+,21-,22-/m.0/s1. The van der Waals surface area contributed by atoms with Crippen molar-refractivity contribution < 1.29 is 28.8 Å². The van der Waals surface area contributed by atoms with E-state index in [0.29, 0.717) is 62.3 Å². The molecule has 0 radical (unpaired) electrons. The molecule has 1 heterocycles. The Bertz CT molecular complexity index is 1780. The number of allylic oxidation sites excluding steroid dienone is 2. The number of hydrogen-bond acceptors (Lipinski definition) is 7. The molecule has 5 aliphatic rings. The zero-order valence-corrected chi connectivity index (χ0v) is 32.5. The summed E-state index contributed by atoms with van der Waals surface area (Å²) in [4.78, 5) is 11.8. The molecule has 1 aliphatic heterocycles. The van der Waals surface area contributed by atoms with Crippen molar-refractivity contribution in [2.75, 3.05) is 33.0 Å². The number of nitrogens with one attached hydrogen (secondary N) is 1. The summed E-state index contributed by atoms with van der Waals surface area (Å²) in [6, 6.07) is 10.2. The van der Waals surface area contributed by atoms with Gasteiger partial charge in [-0.15, -0.1) is 6.42 Å². The number of hydrogen-bond donors (Lipinski definition) is 2. The van der Waals surface area contributed by atoms with Gasteiger partial charge in [0.25, 0.3) is 0 Å². The molecular weight excluding hydrogens is 663 g/mol. The van der Waals surface area contributed by atoms with Crippen LogP contribution in [-0.4, -0.2) is 49.5 Å². The van der Waals surface area contributed by atoms with Crippen LogP contribution in [0.4, 0.5) is 0 Å². The number of carbonyl (C=O) groups is 1. The zero-order valence-electron chi connectivity index (χ0n) is 32.5. The highest BCUT2D eigenvalue weighted by molar-refractivity contribution is 5.91. The van der Waals surface area contributed by atoms with Crippen LogP contribution in [0.25, 0.3) is 11.8 Å². The van der Waals surface area contributed by atoms with E-state index in [4.69, 9.17) is 25.4 Å². The average molecular weight is 722 g/mol. The van der Waals surface area contributed by atoms with Crippen LogP contribution in [0.15, 0.2) is 54.1 Å². The zero-order chi connectivity index (χ0) is 37.8. The van der Waals surface area contributed by atoms with Crippen LogP contribution < -0.4 is 24.3 Å². The minimum atomic E-state index is -0.973. The summed E-state index contributed by atoms with van der Waals surface area (Å²) in [5.41, 5.74) is 6.01. The van der Waals surface area contributed by atoms with Gasteiger partial charge >= 0.3 is 0 Å². The van der Waals surface area contributed by atoms with Gasteiger partial charge < -0.3 is 29.4 Å². The predicted molar refractivity (Wildman–Crippen MR) is 212 cm³/mol. The highest BCUT2D eigenvalue weighted by atomic mass is 16.5. The van der Waals surface area contributed by atoms with Gasteiger partial charge in [0.1, 0.15) is 5.60 Å². The van der Waals surface area contributed by atoms with Crippen LogP contribution in [0.1, 0.15) is 103 Å². The second-order valence-electron chi connectivity index (χ2n) is 15.2. The van der Waals surface area contributed by atoms with E-state index >= 15 is 0 Å². The van der Waals surface area contributed by atoms with Crippen molar-refractivity contribution in [1.82, 2.24) is 5.32 Å². The summed E-state index contributed by atoms with van der Waals surface area (Å²) < 4.78 is 23.1. The van der Waals surface area contributed by atoms with Crippen LogP contribution in [0.3, 0.4) is 0 Å². The molecule has 2 N–H and O–H groups in total. The molecule has 2 aromatic rings. The van der Waals surface area contributed by atoms with Crippen molar-refractivity contribution in [2.24, 2.45) is 29.1 Å². The van der Waals surface area contributed by atoms with Crippen molar-refractivity contribution in [3.05, 3.63) is 70.8 Å². The molecule has 7 nitrogen and oxygen atoms in total. The SMILES string of the molecule is C#C[C@]1(O)CC[C@H]2[C@@H]3CCC4=CC(=O)CC[C@@H]4[C@H]3C(=C)C[C@@]21CC.CCOc1ccc(/C=C2\NCCc3cc(OCC)c(OCC)cc32)cc1OCC. The lowest BCUT2D eigenvalue weighted by molar-refractivity contribution is -0.116. The number of fused-ring (bicyclic) bond motifs is 6. The topological polar surface area (TPSA) is 86.3 Å². The van der Waals surface area contributed by atoms with Crippen molar-refractivity contribution in [3.63, 3.8) is 0 Å². The number of rotatable bonds is 10. The molecule has 0 spiro atoms. The fraction of sp³-hybridized carbons (Fsp3) is 0.543. The highest BCUT2D eigenvalue weighted by Crippen LogP contribution is 2.67. The molecule has 2 aromatic carbocycles. The maximum Gasteiger partial charge on any atom is 0.161 e. The van der Waals surface area contributed by atoms with E-state index < -0.39 is 5.60 Å². The number of ketones is 1. The van der Waals surface area contributed by atoms with E-state index in [1.807, 2.05) is 45.9 Å². The molecule has 0 aromatic heterocycles. The number of ether oxygens (including phenoxy) is 4. The first-order chi connectivity index (χ1) is 25.6. The molecule has 4 aliphatic carbocycles. The molecule has 6 atom stereocenters. The second kappa shape index (κ2) is 16.5. The number of carbonyl (C=O) groups excluding carboxylic acids is 1. The van der Waals surface area contributed by atoms with Crippen molar-refractivity contribution in [1.29, 1.82) is 0 Å². The number of aliphatic hydroxyl groups is 1. The summed E-state index contributed by atoms with van der Waals surface area (Å²) >= 11 is 0. The Morgan fingerprint density at radius 2 is 1.58 bits per heavy atom. The van der Waals surface area contributed by atoms with Gasteiger partial charge in [-0.2, -0.15) is 0 Å². The molecule has 0 amide bonds. The van der Waals surface area contributed by atoms with Gasteiger partial charge in [0.05, 0.1) is 26.4 Å². The van der Waals surface area contributed by atoms with E-state index in [9.17, 15) is 9.90 Å². The minimum Gasteiger partial charge on any atom is -0.490 e. The molecule has 3 fully saturated rings. The molecule has 7 rings (SSSR count). The minimum absolute atomic E-state index is 0.189. The Labute approximate surface area is 317 Å². The van der Waals surface area contributed by atoms with Gasteiger partial charge in [0.2, 0.25) is 0 Å². The highest BCUT2D eigenvalue weighted by Gasteiger charge is 2.64. The molecule has 0 unspecified atom stereocenters. The van der Waals surface area contributed by atoms with Gasteiger partial charge in [-0.1, -0.05) is 36.6 Å². The maximum absolute atomic E-state index is 11.8. The molecule has 53 heavy (non-hydrogen) atoms. The third kappa shape index (κ3) is 7.37. The molecule has 0 saturated heterocycles. The summed E-state index contributed by atoms with van der Waals surface area (Å²) in [6.07, 6.45) is 18.2. The van der Waals surface area contributed by atoms with Crippen LogP contribution in [-0.2, 0) is 11.2 Å². The van der Waals surface area contributed by atoms with Crippen LogP contribution in [0.2, 0.25) is 0 Å². The predicted octanol–water partition coefficient (Wildman–Crippen LogP) is 8.97. The molecule has 7 heteroatoms. The lowest BCUT2D eigenvalue weighted by atomic mass is 9.48. The van der Waals surface area contributed by atoms with Gasteiger partial charge in [0.15, 0.2) is 28.8 Å². The average Bonchev–Trinajstić information content (AvgIpc) is 3.45. The van der Waals surface area contributed by atoms with Gasteiger partial charge in [-0.25, -0.2) is 0 Å². The second-order valence-corrected chi connectivity index (χ2v) is 15.2. The summed E-state index contributed by atoms with van der Waals surface area (Å²) in [6.45, 7) is 17.9.